The summed E-state index contributed by atoms with van der Waals surface area (Å²) in [5, 5.41) is 3.24. The number of nitrogens with zero attached hydrogens (tertiary/aromatic N) is 1. The van der Waals surface area contributed by atoms with Crippen LogP contribution in [0.1, 0.15) is 18.4 Å². The molecule has 2 rings (SSSR count). The van der Waals surface area contributed by atoms with Gasteiger partial charge in [0.05, 0.1) is 13.2 Å². The summed E-state index contributed by atoms with van der Waals surface area (Å²) in [6.45, 7) is 1.05. The second-order valence-electron chi connectivity index (χ2n) is 4.99. The molecule has 1 N–H and O–H groups in total. The number of carbonyl (C=O) groups excluding carboxylic acids is 1. The smallest absolute Gasteiger partial charge is 0.241 e. The van der Waals surface area contributed by atoms with E-state index >= 15 is 0 Å². The highest BCUT2D eigenvalue weighted by Crippen LogP contribution is 2.25. The van der Waals surface area contributed by atoms with Gasteiger partial charge in [-0.25, -0.2) is 0 Å². The van der Waals surface area contributed by atoms with Crippen molar-refractivity contribution in [3.8, 4) is 0 Å². The predicted octanol–water partition coefficient (Wildman–Crippen LogP) is 1.91. The fourth-order valence-electron chi connectivity index (χ4n) is 2.08. The molecule has 4 nitrogen and oxygen atoms in total. The van der Waals surface area contributed by atoms with Gasteiger partial charge in [0.2, 0.25) is 5.91 Å². The van der Waals surface area contributed by atoms with Crippen molar-refractivity contribution in [1.82, 2.24) is 4.90 Å². The SMILES string of the molecule is COCCc1ccccc1NCC(=O)N(C)C1CC1. The van der Waals surface area contributed by atoms with E-state index in [1.54, 1.807) is 7.11 Å². The number of amides is 1. The summed E-state index contributed by atoms with van der Waals surface area (Å²) < 4.78 is 5.10. The van der Waals surface area contributed by atoms with E-state index in [2.05, 4.69) is 11.4 Å². The third-order valence-corrected chi connectivity index (χ3v) is 3.51. The van der Waals surface area contributed by atoms with Crippen molar-refractivity contribution in [2.75, 3.05) is 32.6 Å². The molecule has 0 bridgehead atoms. The normalized spacial score (nSPS) is 14.2. The first-order valence-electron chi connectivity index (χ1n) is 6.78. The highest BCUT2D eigenvalue weighted by Gasteiger charge is 2.29. The minimum Gasteiger partial charge on any atom is -0.384 e. The molecule has 0 aromatic heterocycles. The molecule has 0 heterocycles. The van der Waals surface area contributed by atoms with E-state index in [1.807, 2.05) is 30.1 Å². The van der Waals surface area contributed by atoms with Gasteiger partial charge in [0.25, 0.3) is 0 Å². The van der Waals surface area contributed by atoms with Crippen LogP contribution in [0.2, 0.25) is 0 Å². The third-order valence-electron chi connectivity index (χ3n) is 3.51. The van der Waals surface area contributed by atoms with E-state index in [1.165, 1.54) is 5.56 Å². The van der Waals surface area contributed by atoms with Crippen molar-refractivity contribution >= 4 is 11.6 Å². The lowest BCUT2D eigenvalue weighted by Gasteiger charge is -2.18. The zero-order chi connectivity index (χ0) is 13.7. The Balaban J connectivity index is 1.89. The molecule has 1 aliphatic carbocycles. The van der Waals surface area contributed by atoms with Gasteiger partial charge in [0.15, 0.2) is 0 Å². The average Bonchev–Trinajstić information content (AvgIpc) is 3.27. The fourth-order valence-corrected chi connectivity index (χ4v) is 2.08. The second-order valence-corrected chi connectivity index (χ2v) is 4.99. The molecule has 1 aromatic carbocycles. The highest BCUT2D eigenvalue weighted by molar-refractivity contribution is 5.81. The molecule has 19 heavy (non-hydrogen) atoms. The summed E-state index contributed by atoms with van der Waals surface area (Å²) in [6.07, 6.45) is 3.14. The van der Waals surface area contributed by atoms with Gasteiger partial charge < -0.3 is 15.0 Å². The van der Waals surface area contributed by atoms with Crippen LogP contribution >= 0.6 is 0 Å². The number of anilines is 1. The molecule has 0 spiro atoms. The van der Waals surface area contributed by atoms with Crippen molar-refractivity contribution in [2.45, 2.75) is 25.3 Å². The van der Waals surface area contributed by atoms with Crippen molar-refractivity contribution in [3.05, 3.63) is 29.8 Å². The Morgan fingerprint density at radius 2 is 2.16 bits per heavy atom. The molecule has 4 heteroatoms. The summed E-state index contributed by atoms with van der Waals surface area (Å²) in [5.41, 5.74) is 2.21. The molecule has 0 radical (unpaired) electrons. The van der Waals surface area contributed by atoms with Crippen LogP contribution in [0.15, 0.2) is 24.3 Å². The molecular weight excluding hydrogens is 240 g/mol. The largest absolute Gasteiger partial charge is 0.384 e. The quantitative estimate of drug-likeness (QED) is 0.816. The maximum Gasteiger partial charge on any atom is 0.241 e. The molecule has 1 aromatic rings. The molecule has 0 aliphatic heterocycles. The Kier molecular flexibility index (Phi) is 4.80. The summed E-state index contributed by atoms with van der Waals surface area (Å²) in [5.74, 6) is 0.157. The number of methoxy groups -OCH3 is 1. The fraction of sp³-hybridized carbons (Fsp3) is 0.533. The summed E-state index contributed by atoms with van der Waals surface area (Å²) in [7, 11) is 3.59. The molecule has 0 unspecified atom stereocenters. The molecule has 1 aliphatic rings. The Bertz CT molecular complexity index is 430. The van der Waals surface area contributed by atoms with E-state index in [0.29, 0.717) is 19.2 Å². The summed E-state index contributed by atoms with van der Waals surface area (Å²) in [6, 6.07) is 8.53. The van der Waals surface area contributed by atoms with Crippen LogP contribution in [-0.2, 0) is 16.0 Å². The summed E-state index contributed by atoms with van der Waals surface area (Å²) >= 11 is 0. The van der Waals surface area contributed by atoms with E-state index in [4.69, 9.17) is 4.74 Å². The van der Waals surface area contributed by atoms with Gasteiger partial charge in [-0.15, -0.1) is 0 Å². The van der Waals surface area contributed by atoms with E-state index in [-0.39, 0.29) is 5.91 Å². The van der Waals surface area contributed by atoms with E-state index in [9.17, 15) is 4.79 Å². The van der Waals surface area contributed by atoms with Crippen LogP contribution in [0.5, 0.6) is 0 Å². The lowest BCUT2D eigenvalue weighted by atomic mass is 10.1. The molecule has 1 amide bonds. The van der Waals surface area contributed by atoms with Gasteiger partial charge in [0, 0.05) is 25.9 Å². The topological polar surface area (TPSA) is 41.6 Å². The Hall–Kier alpha value is -1.55. The Morgan fingerprint density at radius 1 is 1.42 bits per heavy atom. The lowest BCUT2D eigenvalue weighted by molar-refractivity contribution is -0.128. The first-order valence-corrected chi connectivity index (χ1v) is 6.78. The monoisotopic (exact) mass is 262 g/mol. The van der Waals surface area contributed by atoms with Crippen LogP contribution in [0.25, 0.3) is 0 Å². The van der Waals surface area contributed by atoms with Crippen LogP contribution < -0.4 is 5.32 Å². The number of hydrogen-bond donors (Lipinski definition) is 1. The van der Waals surface area contributed by atoms with Crippen LogP contribution in [0, 0.1) is 0 Å². The van der Waals surface area contributed by atoms with Crippen molar-refractivity contribution in [1.29, 1.82) is 0 Å². The van der Waals surface area contributed by atoms with E-state index < -0.39 is 0 Å². The third kappa shape index (κ3) is 3.96. The van der Waals surface area contributed by atoms with Crippen molar-refractivity contribution in [2.24, 2.45) is 0 Å². The highest BCUT2D eigenvalue weighted by atomic mass is 16.5. The Morgan fingerprint density at radius 3 is 2.84 bits per heavy atom. The van der Waals surface area contributed by atoms with Crippen LogP contribution in [-0.4, -0.2) is 44.2 Å². The van der Waals surface area contributed by atoms with Crippen LogP contribution in [0.4, 0.5) is 5.69 Å². The zero-order valence-electron chi connectivity index (χ0n) is 11.7. The Labute approximate surface area is 114 Å². The van der Waals surface area contributed by atoms with Crippen molar-refractivity contribution < 1.29 is 9.53 Å². The van der Waals surface area contributed by atoms with Gasteiger partial charge in [-0.3, -0.25) is 4.79 Å². The van der Waals surface area contributed by atoms with Gasteiger partial charge in [0.1, 0.15) is 0 Å². The molecule has 1 fully saturated rings. The molecule has 104 valence electrons. The van der Waals surface area contributed by atoms with Gasteiger partial charge >= 0.3 is 0 Å². The standard InChI is InChI=1S/C15H22N2O2/c1-17(13-7-8-13)15(18)11-16-14-6-4-3-5-12(14)9-10-19-2/h3-6,13,16H,7-11H2,1-2H3. The summed E-state index contributed by atoms with van der Waals surface area (Å²) in [4.78, 5) is 13.8. The lowest BCUT2D eigenvalue weighted by Crippen LogP contribution is -2.33. The number of likely N-dealkylation sites (N-methyl/N-ethyl adjacent to an activating group) is 1. The van der Waals surface area contributed by atoms with E-state index in [0.717, 1.165) is 24.9 Å². The first-order chi connectivity index (χ1) is 9.22. The minimum absolute atomic E-state index is 0.157. The first kappa shape index (κ1) is 13.9. The number of nitrogens with one attached hydrogen (secondary N) is 1. The molecule has 0 saturated heterocycles. The second kappa shape index (κ2) is 6.57. The average molecular weight is 262 g/mol. The predicted molar refractivity (Wildman–Crippen MR) is 76.3 cm³/mol. The number of benzene rings is 1. The molecule has 0 atom stereocenters. The zero-order valence-corrected chi connectivity index (χ0v) is 11.7. The maximum absolute atomic E-state index is 12.0. The number of carbonyl (C=O) groups is 1. The number of para-hydroxylation sites is 1. The maximum atomic E-state index is 12.0. The number of ether oxygens (including phenoxy) is 1. The van der Waals surface area contributed by atoms with Crippen LogP contribution in [0.3, 0.4) is 0 Å². The van der Waals surface area contributed by atoms with Crippen molar-refractivity contribution in [3.63, 3.8) is 0 Å². The molecular formula is C15H22N2O2. The van der Waals surface area contributed by atoms with Gasteiger partial charge in [-0.2, -0.15) is 0 Å². The van der Waals surface area contributed by atoms with Gasteiger partial charge in [-0.1, -0.05) is 18.2 Å². The number of hydrogen-bond acceptors (Lipinski definition) is 3. The number of rotatable bonds is 7. The minimum atomic E-state index is 0.157. The molecule has 1 saturated carbocycles. The van der Waals surface area contributed by atoms with Gasteiger partial charge in [-0.05, 0) is 30.9 Å².